The molecule has 0 unspecified atom stereocenters. The van der Waals surface area contributed by atoms with Gasteiger partial charge in [0.1, 0.15) is 0 Å². The Morgan fingerprint density at radius 1 is 0.914 bits per heavy atom. The number of nitrogens with zero attached hydrogens (tertiary/aromatic N) is 4. The van der Waals surface area contributed by atoms with E-state index in [0.29, 0.717) is 25.1 Å². The van der Waals surface area contributed by atoms with E-state index in [0.717, 1.165) is 42.1 Å². The molecule has 6 nitrogen and oxygen atoms in total. The largest absolute Gasteiger partial charge is 0.368 e. The number of piperazine rings is 1. The Balaban J connectivity index is 1.31. The number of aromatic nitrogens is 2. The lowest BCUT2D eigenvalue weighted by Crippen LogP contribution is -2.49. The quantitative estimate of drug-likeness (QED) is 0.546. The molecule has 2 aliphatic rings. The Morgan fingerprint density at radius 2 is 1.60 bits per heavy atom. The zero-order valence-corrected chi connectivity index (χ0v) is 21.4. The predicted molar refractivity (Wildman–Crippen MR) is 139 cm³/mol. The number of carbonyl (C=O) groups is 2. The van der Waals surface area contributed by atoms with Gasteiger partial charge in [-0.3, -0.25) is 9.59 Å². The van der Waals surface area contributed by atoms with E-state index in [1.807, 2.05) is 40.8 Å². The summed E-state index contributed by atoms with van der Waals surface area (Å²) in [4.78, 5) is 30.3. The molecular formula is C29H34N4O2. The monoisotopic (exact) mass is 470 g/mol. The lowest BCUT2D eigenvalue weighted by atomic mass is 9.75. The van der Waals surface area contributed by atoms with E-state index >= 15 is 0 Å². The van der Waals surface area contributed by atoms with Crippen LogP contribution < -0.4 is 4.90 Å². The summed E-state index contributed by atoms with van der Waals surface area (Å²) in [6.07, 6.45) is 1.36. The highest BCUT2D eigenvalue weighted by Crippen LogP contribution is 2.37. The summed E-state index contributed by atoms with van der Waals surface area (Å²) in [5.74, 6) is 0.235. The zero-order valence-electron chi connectivity index (χ0n) is 21.4. The van der Waals surface area contributed by atoms with E-state index < -0.39 is 0 Å². The highest BCUT2D eigenvalue weighted by molar-refractivity contribution is 6.00. The molecule has 1 aliphatic carbocycles. The van der Waals surface area contributed by atoms with Crippen LogP contribution in [0, 0.1) is 26.2 Å². The van der Waals surface area contributed by atoms with Crippen LogP contribution in [-0.2, 0) is 6.42 Å². The van der Waals surface area contributed by atoms with Crippen molar-refractivity contribution in [3.63, 3.8) is 0 Å². The Hall–Kier alpha value is -3.41. The second-order valence-electron chi connectivity index (χ2n) is 10.9. The van der Waals surface area contributed by atoms with Crippen LogP contribution in [0.25, 0.3) is 5.69 Å². The van der Waals surface area contributed by atoms with E-state index in [1.54, 1.807) is 0 Å². The standard InChI is InChI=1S/C29H34N4O2/c1-19-6-7-20(2)24(16-19)31-12-14-32(15-13-31)28(35)22-8-10-23(11-9-22)33-25-17-29(4,5)18-26(34)27(25)21(3)30-33/h6-11,16H,12-15,17-18H2,1-5H3. The number of aryl methyl sites for hydroxylation is 3. The normalized spacial score (nSPS) is 17.5. The maximum absolute atomic E-state index is 13.2. The third-order valence-corrected chi connectivity index (χ3v) is 7.35. The molecule has 35 heavy (non-hydrogen) atoms. The van der Waals surface area contributed by atoms with Crippen LogP contribution in [0.15, 0.2) is 42.5 Å². The fraction of sp³-hybridized carbons (Fsp3) is 0.414. The highest BCUT2D eigenvalue weighted by atomic mass is 16.2. The molecule has 5 rings (SSSR count). The molecule has 1 fully saturated rings. The zero-order chi connectivity index (χ0) is 24.9. The van der Waals surface area contributed by atoms with E-state index in [1.165, 1.54) is 16.8 Å². The van der Waals surface area contributed by atoms with Crippen LogP contribution >= 0.6 is 0 Å². The molecule has 0 N–H and O–H groups in total. The van der Waals surface area contributed by atoms with Gasteiger partial charge in [-0.25, -0.2) is 4.68 Å². The molecule has 0 radical (unpaired) electrons. The van der Waals surface area contributed by atoms with Crippen LogP contribution in [0.2, 0.25) is 0 Å². The first kappa shape index (κ1) is 23.3. The van der Waals surface area contributed by atoms with Crippen LogP contribution in [0.1, 0.15) is 63.5 Å². The van der Waals surface area contributed by atoms with Crippen molar-refractivity contribution in [3.05, 3.63) is 76.1 Å². The summed E-state index contributed by atoms with van der Waals surface area (Å²) in [6.45, 7) is 13.5. The first-order valence-corrected chi connectivity index (χ1v) is 12.5. The van der Waals surface area contributed by atoms with Gasteiger partial charge in [0.2, 0.25) is 0 Å². The first-order valence-electron chi connectivity index (χ1n) is 12.5. The van der Waals surface area contributed by atoms with Crippen molar-refractivity contribution in [2.75, 3.05) is 31.1 Å². The number of carbonyl (C=O) groups excluding carboxylic acids is 2. The minimum absolute atomic E-state index is 0.0622. The number of rotatable bonds is 3. The molecule has 2 aromatic carbocycles. The molecule has 1 aromatic heterocycles. The van der Waals surface area contributed by atoms with Gasteiger partial charge in [-0.1, -0.05) is 26.0 Å². The number of Topliss-reactive ketones (excluding diaryl/α,β-unsaturated/α-hetero) is 1. The summed E-state index contributed by atoms with van der Waals surface area (Å²) < 4.78 is 1.89. The second-order valence-corrected chi connectivity index (χ2v) is 10.9. The molecule has 1 saturated heterocycles. The topological polar surface area (TPSA) is 58.4 Å². The van der Waals surface area contributed by atoms with Gasteiger partial charge in [0.25, 0.3) is 5.91 Å². The average molecular weight is 471 g/mol. The maximum Gasteiger partial charge on any atom is 0.253 e. The molecular weight excluding hydrogens is 436 g/mol. The molecule has 182 valence electrons. The summed E-state index contributed by atoms with van der Waals surface area (Å²) in [5, 5.41) is 4.69. The number of ketones is 1. The fourth-order valence-electron chi connectivity index (χ4n) is 5.49. The van der Waals surface area contributed by atoms with E-state index in [-0.39, 0.29) is 17.1 Å². The number of anilines is 1. The van der Waals surface area contributed by atoms with Gasteiger partial charge >= 0.3 is 0 Å². The third kappa shape index (κ3) is 4.38. The van der Waals surface area contributed by atoms with Gasteiger partial charge in [-0.05, 0) is 74.1 Å². The molecule has 1 amide bonds. The minimum atomic E-state index is -0.0800. The number of fused-ring (bicyclic) bond motifs is 1. The number of hydrogen-bond donors (Lipinski definition) is 0. The number of amides is 1. The van der Waals surface area contributed by atoms with Crippen LogP contribution in [0.3, 0.4) is 0 Å². The van der Waals surface area contributed by atoms with Gasteiger partial charge in [-0.15, -0.1) is 0 Å². The number of benzene rings is 2. The van der Waals surface area contributed by atoms with Crippen LogP contribution in [-0.4, -0.2) is 52.5 Å². The molecule has 0 spiro atoms. The highest BCUT2D eigenvalue weighted by Gasteiger charge is 2.35. The Kier molecular flexibility index (Phi) is 5.78. The fourth-order valence-corrected chi connectivity index (χ4v) is 5.49. The van der Waals surface area contributed by atoms with Crippen molar-refractivity contribution in [3.8, 4) is 5.69 Å². The molecule has 3 aromatic rings. The molecule has 6 heteroatoms. The maximum atomic E-state index is 13.2. The Morgan fingerprint density at radius 3 is 2.29 bits per heavy atom. The Labute approximate surface area is 207 Å². The first-order chi connectivity index (χ1) is 16.6. The third-order valence-electron chi connectivity index (χ3n) is 7.35. The van der Waals surface area contributed by atoms with Gasteiger partial charge in [0, 0.05) is 43.9 Å². The Bertz CT molecular complexity index is 1290. The van der Waals surface area contributed by atoms with Crippen LogP contribution in [0.4, 0.5) is 5.69 Å². The average Bonchev–Trinajstić information content (AvgIpc) is 3.15. The molecule has 0 bridgehead atoms. The van der Waals surface area contributed by atoms with Gasteiger partial charge < -0.3 is 9.80 Å². The van der Waals surface area contributed by atoms with Gasteiger partial charge in [0.15, 0.2) is 5.78 Å². The summed E-state index contributed by atoms with van der Waals surface area (Å²) in [6, 6.07) is 14.2. The van der Waals surface area contributed by atoms with Gasteiger partial charge in [-0.2, -0.15) is 5.10 Å². The van der Waals surface area contributed by atoms with Gasteiger partial charge in [0.05, 0.1) is 22.6 Å². The smallest absolute Gasteiger partial charge is 0.253 e. The van der Waals surface area contributed by atoms with Crippen molar-refractivity contribution >= 4 is 17.4 Å². The van der Waals surface area contributed by atoms with Crippen molar-refractivity contribution in [2.45, 2.75) is 47.5 Å². The van der Waals surface area contributed by atoms with E-state index in [2.05, 4.69) is 55.9 Å². The van der Waals surface area contributed by atoms with Crippen LogP contribution in [0.5, 0.6) is 0 Å². The predicted octanol–water partition coefficient (Wildman–Crippen LogP) is 4.92. The molecule has 0 atom stereocenters. The second kappa shape index (κ2) is 8.67. The van der Waals surface area contributed by atoms with E-state index in [4.69, 9.17) is 0 Å². The lowest BCUT2D eigenvalue weighted by Gasteiger charge is -2.37. The SMILES string of the molecule is Cc1ccc(C)c(N2CCN(C(=O)c3ccc(-n4nc(C)c5c4CC(C)(C)CC5=O)cc3)CC2)c1. The van der Waals surface area contributed by atoms with Crippen molar-refractivity contribution in [1.82, 2.24) is 14.7 Å². The summed E-state index contributed by atoms with van der Waals surface area (Å²) in [7, 11) is 0. The van der Waals surface area contributed by atoms with Crippen molar-refractivity contribution in [1.29, 1.82) is 0 Å². The number of hydrogen-bond acceptors (Lipinski definition) is 4. The molecule has 2 heterocycles. The summed E-state index contributed by atoms with van der Waals surface area (Å²) >= 11 is 0. The molecule has 0 saturated carbocycles. The van der Waals surface area contributed by atoms with Crippen molar-refractivity contribution in [2.24, 2.45) is 5.41 Å². The lowest BCUT2D eigenvalue weighted by molar-refractivity contribution is 0.0746. The van der Waals surface area contributed by atoms with Crippen molar-refractivity contribution < 1.29 is 9.59 Å². The summed E-state index contributed by atoms with van der Waals surface area (Å²) in [5.41, 5.74) is 7.81. The minimum Gasteiger partial charge on any atom is -0.368 e. The molecule has 1 aliphatic heterocycles. The van der Waals surface area contributed by atoms with E-state index in [9.17, 15) is 9.59 Å².